The summed E-state index contributed by atoms with van der Waals surface area (Å²) in [5.41, 5.74) is 1.45. The maximum Gasteiger partial charge on any atom is 0.419 e. The lowest BCUT2D eigenvalue weighted by atomic mass is 9.99. The Labute approximate surface area is 178 Å². The third kappa shape index (κ3) is 4.26. The van der Waals surface area contributed by atoms with Crippen molar-refractivity contribution in [2.75, 3.05) is 13.1 Å². The zero-order chi connectivity index (χ0) is 22.2. The van der Waals surface area contributed by atoms with E-state index in [4.69, 9.17) is 4.42 Å². The number of aryl methyl sites for hydroxylation is 1. The third-order valence-electron chi connectivity index (χ3n) is 5.54. The highest BCUT2D eigenvalue weighted by Gasteiger charge is 2.33. The number of sulfonamides is 1. The molecule has 2 aromatic carbocycles. The Kier molecular flexibility index (Phi) is 5.67. The van der Waals surface area contributed by atoms with Crippen molar-refractivity contribution in [3.63, 3.8) is 0 Å². The fourth-order valence-electron chi connectivity index (χ4n) is 3.73. The van der Waals surface area contributed by atoms with Gasteiger partial charge in [-0.3, -0.25) is 9.36 Å². The Morgan fingerprint density at radius 3 is 2.71 bits per heavy atom. The number of nitrogens with zero attached hydrogens (tertiary/aromatic N) is 2. The Morgan fingerprint density at radius 1 is 1.23 bits per heavy atom. The van der Waals surface area contributed by atoms with E-state index in [1.54, 1.807) is 19.2 Å². The topological polar surface area (TPSA) is 102 Å². The number of amides is 1. The molecule has 0 aliphatic carbocycles. The Hall–Kier alpha value is -2.98. The van der Waals surface area contributed by atoms with Gasteiger partial charge < -0.3 is 9.73 Å². The molecule has 0 bridgehead atoms. The molecule has 8 nitrogen and oxygen atoms in total. The normalized spacial score (nSPS) is 17.7. The van der Waals surface area contributed by atoms with Crippen molar-refractivity contribution < 1.29 is 22.0 Å². The van der Waals surface area contributed by atoms with Gasteiger partial charge in [-0.1, -0.05) is 12.1 Å². The quantitative estimate of drug-likeness (QED) is 0.645. The molecule has 0 spiro atoms. The number of fused-ring (bicyclic) bond motifs is 1. The number of aromatic nitrogens is 1. The highest BCUT2D eigenvalue weighted by molar-refractivity contribution is 7.89. The molecule has 3 aromatic rings. The third-order valence-corrected chi connectivity index (χ3v) is 7.40. The number of hydrogen-bond acceptors (Lipinski definition) is 5. The number of carbonyl (C=O) groups is 1. The van der Waals surface area contributed by atoms with Crippen molar-refractivity contribution in [3.8, 4) is 0 Å². The molecule has 1 fully saturated rings. The number of piperidine rings is 1. The monoisotopic (exact) mass is 447 g/mol. The summed E-state index contributed by atoms with van der Waals surface area (Å²) in [7, 11) is -2.31. The maximum atomic E-state index is 13.1. The lowest BCUT2D eigenvalue weighted by molar-refractivity contribution is -0.126. The number of nitrogens with one attached hydrogen (secondary N) is 1. The molecule has 10 heteroatoms. The van der Waals surface area contributed by atoms with Crippen LogP contribution in [0, 0.1) is 11.7 Å². The number of oxazole rings is 1. The molecule has 1 atom stereocenters. The largest absolute Gasteiger partial charge is 0.419 e. The minimum atomic E-state index is -3.86. The van der Waals surface area contributed by atoms with Gasteiger partial charge in [0.2, 0.25) is 15.9 Å². The first-order valence-electron chi connectivity index (χ1n) is 9.87. The highest BCUT2D eigenvalue weighted by Crippen LogP contribution is 2.26. The Bertz CT molecular complexity index is 1280. The summed E-state index contributed by atoms with van der Waals surface area (Å²) in [4.78, 5) is 24.3. The van der Waals surface area contributed by atoms with E-state index in [0.717, 1.165) is 5.56 Å². The number of hydrogen-bond donors (Lipinski definition) is 1. The molecule has 1 saturated heterocycles. The van der Waals surface area contributed by atoms with Gasteiger partial charge in [-0.05, 0) is 42.7 Å². The molecule has 1 aliphatic heterocycles. The van der Waals surface area contributed by atoms with E-state index in [1.807, 2.05) is 0 Å². The molecule has 1 amide bonds. The molecule has 1 aromatic heterocycles. The van der Waals surface area contributed by atoms with Gasteiger partial charge in [0.15, 0.2) is 5.58 Å². The van der Waals surface area contributed by atoms with E-state index >= 15 is 0 Å². The van der Waals surface area contributed by atoms with Gasteiger partial charge in [0.25, 0.3) is 0 Å². The van der Waals surface area contributed by atoms with Crippen LogP contribution < -0.4 is 11.1 Å². The second kappa shape index (κ2) is 8.27. The molecule has 0 unspecified atom stereocenters. The van der Waals surface area contributed by atoms with Gasteiger partial charge in [0, 0.05) is 32.7 Å². The van der Waals surface area contributed by atoms with E-state index in [-0.39, 0.29) is 35.3 Å². The summed E-state index contributed by atoms with van der Waals surface area (Å²) in [5.74, 6) is -1.65. The van der Waals surface area contributed by atoms with E-state index in [9.17, 15) is 22.4 Å². The van der Waals surface area contributed by atoms with Gasteiger partial charge >= 0.3 is 5.76 Å². The Balaban J connectivity index is 1.47. The fourth-order valence-corrected chi connectivity index (χ4v) is 5.27. The summed E-state index contributed by atoms with van der Waals surface area (Å²) in [6.45, 7) is 0.612. The number of rotatable bonds is 5. The average Bonchev–Trinajstić information content (AvgIpc) is 3.06. The summed E-state index contributed by atoms with van der Waals surface area (Å²) in [6, 6.07) is 10.1. The molecule has 31 heavy (non-hydrogen) atoms. The lowest BCUT2D eigenvalue weighted by Gasteiger charge is -2.31. The molecule has 1 aliphatic rings. The van der Waals surface area contributed by atoms with E-state index in [0.29, 0.717) is 24.9 Å². The molecule has 164 valence electrons. The maximum absolute atomic E-state index is 13.1. The van der Waals surface area contributed by atoms with Crippen molar-refractivity contribution in [2.45, 2.75) is 24.3 Å². The van der Waals surface area contributed by atoms with Gasteiger partial charge in [-0.2, -0.15) is 4.31 Å². The zero-order valence-electron chi connectivity index (χ0n) is 16.9. The number of benzene rings is 2. The molecule has 4 rings (SSSR count). The average molecular weight is 447 g/mol. The minimum Gasteiger partial charge on any atom is -0.408 e. The van der Waals surface area contributed by atoms with Crippen molar-refractivity contribution in [1.29, 1.82) is 0 Å². The van der Waals surface area contributed by atoms with E-state index < -0.39 is 21.7 Å². The molecular formula is C21H22FN3O5S. The first kappa shape index (κ1) is 21.3. The first-order chi connectivity index (χ1) is 14.8. The molecule has 2 heterocycles. The number of carbonyl (C=O) groups excluding carboxylic acids is 1. The van der Waals surface area contributed by atoms with Crippen LogP contribution in [-0.2, 0) is 28.4 Å². The summed E-state index contributed by atoms with van der Waals surface area (Å²) in [6.07, 6.45) is 1.13. The van der Waals surface area contributed by atoms with Crippen molar-refractivity contribution in [3.05, 3.63) is 64.4 Å². The first-order valence-corrected chi connectivity index (χ1v) is 11.3. The molecule has 0 radical (unpaired) electrons. The van der Waals surface area contributed by atoms with Crippen LogP contribution in [0.5, 0.6) is 0 Å². The second-order valence-corrected chi connectivity index (χ2v) is 9.54. The van der Waals surface area contributed by atoms with Crippen molar-refractivity contribution in [2.24, 2.45) is 13.0 Å². The van der Waals surface area contributed by atoms with Crippen LogP contribution in [0.25, 0.3) is 11.1 Å². The van der Waals surface area contributed by atoms with Crippen molar-refractivity contribution >= 4 is 27.0 Å². The highest BCUT2D eigenvalue weighted by atomic mass is 32.2. The van der Waals surface area contributed by atoms with Crippen molar-refractivity contribution in [1.82, 2.24) is 14.2 Å². The van der Waals surface area contributed by atoms with Crippen LogP contribution in [-0.4, -0.2) is 36.3 Å². The molecule has 0 saturated carbocycles. The van der Waals surface area contributed by atoms with Crippen LogP contribution in [0.2, 0.25) is 0 Å². The molecular weight excluding hydrogens is 425 g/mol. The Morgan fingerprint density at radius 2 is 1.97 bits per heavy atom. The van der Waals surface area contributed by atoms with Crippen LogP contribution in [0.4, 0.5) is 4.39 Å². The minimum absolute atomic E-state index is 0.0155. The fraction of sp³-hybridized carbons (Fsp3) is 0.333. The van der Waals surface area contributed by atoms with Gasteiger partial charge in [0.05, 0.1) is 16.3 Å². The van der Waals surface area contributed by atoms with E-state index in [1.165, 1.54) is 39.2 Å². The van der Waals surface area contributed by atoms with Crippen LogP contribution >= 0.6 is 0 Å². The smallest absolute Gasteiger partial charge is 0.408 e. The predicted molar refractivity (Wildman–Crippen MR) is 111 cm³/mol. The predicted octanol–water partition coefficient (Wildman–Crippen LogP) is 1.99. The van der Waals surface area contributed by atoms with Crippen LogP contribution in [0.15, 0.2) is 56.6 Å². The summed E-state index contributed by atoms with van der Waals surface area (Å²) in [5, 5.41) is 2.80. The standard InChI is InChI=1S/C21H22FN3O5S/c1-24-18-9-8-17(11-19(18)30-21(24)27)31(28,29)25-10-2-3-15(13-25)20(26)23-12-14-4-6-16(22)7-5-14/h4-9,11,15H,2-3,10,12-13H2,1H3,(H,23,26)/t15-/m0/s1. The lowest BCUT2D eigenvalue weighted by Crippen LogP contribution is -2.45. The van der Waals surface area contributed by atoms with Crippen LogP contribution in [0.1, 0.15) is 18.4 Å². The summed E-state index contributed by atoms with van der Waals surface area (Å²) >= 11 is 0. The zero-order valence-corrected chi connectivity index (χ0v) is 17.7. The summed E-state index contributed by atoms with van der Waals surface area (Å²) < 4.78 is 47.0. The van der Waals surface area contributed by atoms with Gasteiger partial charge in [-0.25, -0.2) is 17.6 Å². The van der Waals surface area contributed by atoms with Gasteiger partial charge in [0.1, 0.15) is 5.82 Å². The SMILES string of the molecule is Cn1c(=O)oc2cc(S(=O)(=O)N3CCC[C@H](C(=O)NCc4ccc(F)cc4)C3)ccc21. The van der Waals surface area contributed by atoms with Crippen LogP contribution in [0.3, 0.4) is 0 Å². The number of halogens is 1. The van der Waals surface area contributed by atoms with Gasteiger partial charge in [-0.15, -0.1) is 0 Å². The second-order valence-electron chi connectivity index (χ2n) is 7.60. The van der Waals surface area contributed by atoms with E-state index in [2.05, 4.69) is 5.32 Å². The molecule has 1 N–H and O–H groups in total.